The molecule has 0 aliphatic carbocycles. The number of amides is 1. The van der Waals surface area contributed by atoms with Gasteiger partial charge in [0, 0.05) is 12.1 Å². The van der Waals surface area contributed by atoms with Gasteiger partial charge >= 0.3 is 0 Å². The monoisotopic (exact) mass is 391 g/mol. The predicted molar refractivity (Wildman–Crippen MR) is 111 cm³/mol. The summed E-state index contributed by atoms with van der Waals surface area (Å²) in [5.74, 6) is -0.228. The normalized spacial score (nSPS) is 12.9. The summed E-state index contributed by atoms with van der Waals surface area (Å²) in [7, 11) is 0. The second-order valence-electron chi connectivity index (χ2n) is 6.60. The summed E-state index contributed by atoms with van der Waals surface area (Å²) in [6.45, 7) is 0.675. The van der Waals surface area contributed by atoms with Gasteiger partial charge in [-0.3, -0.25) is 4.79 Å². The Balaban J connectivity index is 1.59. The molecule has 5 nitrogen and oxygen atoms in total. The van der Waals surface area contributed by atoms with Crippen LogP contribution in [0.1, 0.15) is 21.5 Å². The Kier molecular flexibility index (Phi) is 7.95. The molecule has 2 N–H and O–H groups in total. The maximum atomic E-state index is 12.3. The van der Waals surface area contributed by atoms with Crippen molar-refractivity contribution in [3.8, 4) is 0 Å². The van der Waals surface area contributed by atoms with Crippen LogP contribution >= 0.6 is 0 Å². The minimum atomic E-state index is -1.19. The molecule has 0 bridgehead atoms. The van der Waals surface area contributed by atoms with Gasteiger partial charge in [-0.05, 0) is 23.3 Å². The zero-order chi connectivity index (χ0) is 20.3. The first-order valence-electron chi connectivity index (χ1n) is 9.55. The number of carbonyl (C=O) groups is 1. The van der Waals surface area contributed by atoms with Crippen molar-refractivity contribution in [1.29, 1.82) is 0 Å². The number of ether oxygens (including phenoxy) is 2. The van der Waals surface area contributed by atoms with E-state index < -0.39 is 12.4 Å². The molecule has 0 saturated heterocycles. The van der Waals surface area contributed by atoms with Gasteiger partial charge in [0.05, 0.1) is 13.2 Å². The number of rotatable bonds is 10. The molecule has 2 unspecified atom stereocenters. The second-order valence-corrected chi connectivity index (χ2v) is 6.60. The molecule has 0 aromatic heterocycles. The number of aliphatic hydroxyl groups excluding tert-OH is 1. The van der Waals surface area contributed by atoms with E-state index in [1.54, 1.807) is 24.3 Å². The second kappa shape index (κ2) is 11.1. The van der Waals surface area contributed by atoms with Crippen molar-refractivity contribution < 1.29 is 19.4 Å². The maximum absolute atomic E-state index is 12.3. The zero-order valence-corrected chi connectivity index (χ0v) is 16.1. The number of aliphatic hydroxyl groups is 1. The molecule has 3 rings (SSSR count). The summed E-state index contributed by atoms with van der Waals surface area (Å²) in [4.78, 5) is 12.3. The number of nitrogens with one attached hydrogen (secondary N) is 1. The minimum Gasteiger partial charge on any atom is -0.366 e. The van der Waals surface area contributed by atoms with Crippen molar-refractivity contribution in [3.05, 3.63) is 108 Å². The molecular formula is C24H25NO4. The fourth-order valence-electron chi connectivity index (χ4n) is 2.77. The summed E-state index contributed by atoms with van der Waals surface area (Å²) < 4.78 is 11.5. The topological polar surface area (TPSA) is 67.8 Å². The van der Waals surface area contributed by atoms with Crippen molar-refractivity contribution >= 4 is 5.91 Å². The molecule has 0 heterocycles. The quantitative estimate of drug-likeness (QED) is 0.519. The fourth-order valence-corrected chi connectivity index (χ4v) is 2.77. The number of hydrogen-bond donors (Lipinski definition) is 2. The van der Waals surface area contributed by atoms with Gasteiger partial charge in [0.25, 0.3) is 5.91 Å². The summed E-state index contributed by atoms with van der Waals surface area (Å²) in [5.41, 5.74) is 2.47. The molecular weight excluding hydrogens is 366 g/mol. The first-order chi connectivity index (χ1) is 14.2. The fraction of sp³-hybridized carbons (Fsp3) is 0.208. The van der Waals surface area contributed by atoms with E-state index in [4.69, 9.17) is 9.47 Å². The van der Waals surface area contributed by atoms with Crippen molar-refractivity contribution in [3.63, 3.8) is 0 Å². The summed E-state index contributed by atoms with van der Waals surface area (Å²) in [5, 5.41) is 13.3. The molecule has 0 radical (unpaired) electrons. The largest absolute Gasteiger partial charge is 0.366 e. The van der Waals surface area contributed by atoms with E-state index in [9.17, 15) is 9.90 Å². The third-order valence-electron chi connectivity index (χ3n) is 4.39. The highest BCUT2D eigenvalue weighted by Gasteiger charge is 2.22. The molecule has 5 heteroatoms. The average molecular weight is 391 g/mol. The number of hydrogen-bond acceptors (Lipinski definition) is 4. The van der Waals surface area contributed by atoms with Gasteiger partial charge in [-0.15, -0.1) is 0 Å². The minimum absolute atomic E-state index is 0.122. The Morgan fingerprint density at radius 1 is 0.759 bits per heavy atom. The van der Waals surface area contributed by atoms with Crippen LogP contribution in [-0.4, -0.2) is 30.0 Å². The maximum Gasteiger partial charge on any atom is 0.251 e. The molecule has 1 amide bonds. The molecule has 2 atom stereocenters. The molecule has 0 aliphatic heterocycles. The van der Waals surface area contributed by atoms with Crippen molar-refractivity contribution in [1.82, 2.24) is 5.32 Å². The van der Waals surface area contributed by atoms with Gasteiger partial charge in [-0.25, -0.2) is 0 Å². The first-order valence-corrected chi connectivity index (χ1v) is 9.55. The van der Waals surface area contributed by atoms with E-state index in [2.05, 4.69) is 5.32 Å². The molecule has 3 aromatic rings. The lowest BCUT2D eigenvalue weighted by molar-refractivity contribution is -0.185. The molecule has 0 fully saturated rings. The molecule has 3 aromatic carbocycles. The van der Waals surface area contributed by atoms with Gasteiger partial charge in [0.1, 0.15) is 6.10 Å². The van der Waals surface area contributed by atoms with Crippen LogP contribution in [0.25, 0.3) is 0 Å². The predicted octanol–water partition coefficient (Wildman–Crippen LogP) is 3.54. The van der Waals surface area contributed by atoms with E-state index in [-0.39, 0.29) is 19.1 Å². The van der Waals surface area contributed by atoms with Crippen LogP contribution in [0, 0.1) is 0 Å². The van der Waals surface area contributed by atoms with Crippen LogP contribution in [-0.2, 0) is 22.7 Å². The van der Waals surface area contributed by atoms with Gasteiger partial charge in [0.2, 0.25) is 0 Å². The lowest BCUT2D eigenvalue weighted by Crippen LogP contribution is -2.42. The third kappa shape index (κ3) is 6.84. The van der Waals surface area contributed by atoms with Crippen LogP contribution in [0.15, 0.2) is 91.0 Å². The Labute approximate surface area is 170 Å². The molecule has 0 aliphatic rings. The first kappa shape index (κ1) is 20.7. The van der Waals surface area contributed by atoms with Crippen LogP contribution in [0.3, 0.4) is 0 Å². The Morgan fingerprint density at radius 2 is 1.24 bits per heavy atom. The van der Waals surface area contributed by atoms with Crippen LogP contribution in [0.4, 0.5) is 0 Å². The Bertz CT molecular complexity index is 856. The zero-order valence-electron chi connectivity index (χ0n) is 16.1. The molecule has 0 spiro atoms. The highest BCUT2D eigenvalue weighted by Crippen LogP contribution is 2.10. The van der Waals surface area contributed by atoms with Crippen molar-refractivity contribution in [2.45, 2.75) is 25.6 Å². The number of carbonyl (C=O) groups excluding carboxylic acids is 1. The van der Waals surface area contributed by atoms with E-state index in [0.717, 1.165) is 11.1 Å². The van der Waals surface area contributed by atoms with Gasteiger partial charge < -0.3 is 19.9 Å². The lowest BCUT2D eigenvalue weighted by Gasteiger charge is -2.24. The van der Waals surface area contributed by atoms with Crippen molar-refractivity contribution in [2.24, 2.45) is 0 Å². The molecule has 0 saturated carbocycles. The molecule has 150 valence electrons. The van der Waals surface area contributed by atoms with Gasteiger partial charge in [-0.2, -0.15) is 0 Å². The summed E-state index contributed by atoms with van der Waals surface area (Å²) in [6.07, 6.45) is -1.90. The van der Waals surface area contributed by atoms with E-state index in [1.165, 1.54) is 0 Å². The van der Waals surface area contributed by atoms with Crippen LogP contribution in [0.2, 0.25) is 0 Å². The Hall–Kier alpha value is -2.99. The highest BCUT2D eigenvalue weighted by atomic mass is 16.6. The smallest absolute Gasteiger partial charge is 0.251 e. The average Bonchev–Trinajstić information content (AvgIpc) is 2.79. The lowest BCUT2D eigenvalue weighted by atomic mass is 10.2. The van der Waals surface area contributed by atoms with E-state index in [1.807, 2.05) is 66.7 Å². The van der Waals surface area contributed by atoms with Gasteiger partial charge in [0.15, 0.2) is 6.29 Å². The number of benzene rings is 3. The Morgan fingerprint density at radius 3 is 1.79 bits per heavy atom. The summed E-state index contributed by atoms with van der Waals surface area (Å²) in [6, 6.07) is 28.2. The van der Waals surface area contributed by atoms with Crippen molar-refractivity contribution in [2.75, 3.05) is 6.54 Å². The third-order valence-corrected chi connectivity index (χ3v) is 4.39. The SMILES string of the molecule is O=C(NCC(OCc1ccccc1)C(O)OCc1ccccc1)c1ccccc1. The molecule has 29 heavy (non-hydrogen) atoms. The van der Waals surface area contributed by atoms with Crippen LogP contribution in [0.5, 0.6) is 0 Å². The standard InChI is InChI=1S/C24H25NO4/c26-23(21-14-8-3-9-15-21)25-16-22(28-17-19-10-4-1-5-11-19)24(27)29-18-20-12-6-2-7-13-20/h1-15,22,24,27H,16-18H2,(H,25,26). The van der Waals surface area contributed by atoms with Crippen LogP contribution < -0.4 is 5.32 Å². The van der Waals surface area contributed by atoms with E-state index >= 15 is 0 Å². The summed E-state index contributed by atoms with van der Waals surface area (Å²) >= 11 is 0. The highest BCUT2D eigenvalue weighted by molar-refractivity contribution is 5.94. The van der Waals surface area contributed by atoms with E-state index in [0.29, 0.717) is 12.2 Å². The van der Waals surface area contributed by atoms with Gasteiger partial charge in [-0.1, -0.05) is 78.9 Å².